The van der Waals surface area contributed by atoms with Gasteiger partial charge in [0.05, 0.1) is 12.7 Å². The molecule has 0 aromatic heterocycles. The van der Waals surface area contributed by atoms with Crippen molar-refractivity contribution < 1.29 is 17.9 Å². The van der Waals surface area contributed by atoms with E-state index in [0.29, 0.717) is 23.4 Å². The van der Waals surface area contributed by atoms with E-state index < -0.39 is 28.2 Å². The number of allylic oxidation sites excluding steroid dienone is 2. The molecule has 0 fully saturated rings. The zero-order valence-electron chi connectivity index (χ0n) is 13.4. The van der Waals surface area contributed by atoms with Crippen LogP contribution in [0.1, 0.15) is 18.1 Å². The van der Waals surface area contributed by atoms with E-state index in [-0.39, 0.29) is 16.9 Å². The first-order valence-electron chi connectivity index (χ1n) is 7.09. The number of methoxy groups -OCH3 is 1. The molecule has 0 amide bonds. The highest BCUT2D eigenvalue weighted by atomic mass is 35.5. The lowest BCUT2D eigenvalue weighted by molar-refractivity contribution is 0.414. The normalized spacial score (nSPS) is 11.8. The molecule has 0 bridgehead atoms. The summed E-state index contributed by atoms with van der Waals surface area (Å²) in [5.41, 5.74) is -0.640. The third kappa shape index (κ3) is 3.91. The lowest BCUT2D eigenvalue weighted by Gasteiger charge is -2.16. The topological polar surface area (TPSA) is 56.9 Å². The Kier molecular flexibility index (Phi) is 5.64. The van der Waals surface area contributed by atoms with Crippen LogP contribution in [0.2, 0.25) is 0 Å². The van der Waals surface area contributed by atoms with Crippen molar-refractivity contribution in [1.29, 1.82) is 10.8 Å². The van der Waals surface area contributed by atoms with E-state index in [1.807, 2.05) is 0 Å². The second kappa shape index (κ2) is 7.53. The summed E-state index contributed by atoms with van der Waals surface area (Å²) in [6.45, 7) is 1.40. The molecular formula is C18H14ClF3N2O. The Morgan fingerprint density at radius 1 is 1.00 bits per heavy atom. The highest BCUT2D eigenvalue weighted by Gasteiger charge is 2.24. The summed E-state index contributed by atoms with van der Waals surface area (Å²) in [6, 6.07) is 7.43. The zero-order valence-corrected chi connectivity index (χ0v) is 14.1. The largest absolute Gasteiger partial charge is 0.497 e. The van der Waals surface area contributed by atoms with E-state index in [0.717, 1.165) is 0 Å². The molecule has 2 aromatic carbocycles. The quantitative estimate of drug-likeness (QED) is 0.549. The fourth-order valence-corrected chi connectivity index (χ4v) is 2.64. The highest BCUT2D eigenvalue weighted by molar-refractivity contribution is 6.77. The summed E-state index contributed by atoms with van der Waals surface area (Å²) in [5.74, 6) is -3.05. The zero-order chi connectivity index (χ0) is 18.7. The van der Waals surface area contributed by atoms with Gasteiger partial charge >= 0.3 is 0 Å². The van der Waals surface area contributed by atoms with Crippen molar-refractivity contribution in [2.24, 2.45) is 0 Å². The standard InChI is InChI=1S/C18H14ClF3N2O/c1-9(23)15(10-4-3-5-12(6-10)25-2)17(18(19)24)16-13(21)7-11(20)8-14(16)22/h3-8,23-24H,1-2H3/b17-15+,23-9?,24-18?. The fourth-order valence-electron chi connectivity index (χ4n) is 2.45. The number of nitrogens with one attached hydrogen (secondary N) is 2. The Morgan fingerprint density at radius 2 is 1.60 bits per heavy atom. The van der Waals surface area contributed by atoms with Gasteiger partial charge < -0.3 is 10.1 Å². The van der Waals surface area contributed by atoms with Crippen molar-refractivity contribution in [3.63, 3.8) is 0 Å². The molecule has 0 saturated carbocycles. The van der Waals surface area contributed by atoms with Crippen LogP contribution in [-0.2, 0) is 0 Å². The average molecular weight is 367 g/mol. The second-order valence-corrected chi connectivity index (χ2v) is 5.54. The smallest absolute Gasteiger partial charge is 0.137 e. The van der Waals surface area contributed by atoms with Crippen LogP contribution >= 0.6 is 11.6 Å². The molecule has 2 rings (SSSR count). The van der Waals surface area contributed by atoms with Gasteiger partial charge in [-0.15, -0.1) is 0 Å². The van der Waals surface area contributed by atoms with Gasteiger partial charge in [0.15, 0.2) is 0 Å². The van der Waals surface area contributed by atoms with Crippen molar-refractivity contribution in [3.8, 4) is 5.75 Å². The molecule has 0 aliphatic heterocycles. The van der Waals surface area contributed by atoms with Gasteiger partial charge in [0.2, 0.25) is 0 Å². The van der Waals surface area contributed by atoms with Crippen LogP contribution < -0.4 is 4.74 Å². The number of hydrogen-bond acceptors (Lipinski definition) is 3. The third-order valence-corrected chi connectivity index (χ3v) is 3.65. The molecule has 3 nitrogen and oxygen atoms in total. The fraction of sp³-hybridized carbons (Fsp3) is 0.111. The number of halogens is 4. The van der Waals surface area contributed by atoms with Crippen LogP contribution in [0.3, 0.4) is 0 Å². The first kappa shape index (κ1) is 18.7. The molecule has 2 N–H and O–H groups in total. The van der Waals surface area contributed by atoms with Gasteiger partial charge in [-0.1, -0.05) is 23.7 Å². The molecule has 2 aromatic rings. The number of benzene rings is 2. The molecule has 0 aliphatic carbocycles. The van der Waals surface area contributed by atoms with E-state index in [4.69, 9.17) is 27.2 Å². The first-order valence-corrected chi connectivity index (χ1v) is 7.47. The van der Waals surface area contributed by atoms with Crippen LogP contribution in [0.4, 0.5) is 13.2 Å². The number of rotatable bonds is 5. The molecule has 130 valence electrons. The summed E-state index contributed by atoms with van der Waals surface area (Å²) in [7, 11) is 1.45. The molecule has 0 spiro atoms. The molecule has 0 heterocycles. The van der Waals surface area contributed by atoms with E-state index in [9.17, 15) is 13.2 Å². The summed E-state index contributed by atoms with van der Waals surface area (Å²) >= 11 is 5.79. The maximum atomic E-state index is 14.2. The first-order chi connectivity index (χ1) is 11.8. The van der Waals surface area contributed by atoms with Crippen molar-refractivity contribution in [2.75, 3.05) is 7.11 Å². The maximum absolute atomic E-state index is 14.2. The third-order valence-electron chi connectivity index (χ3n) is 3.46. The van der Waals surface area contributed by atoms with Crippen molar-refractivity contribution in [2.45, 2.75) is 6.92 Å². The van der Waals surface area contributed by atoms with Crippen LogP contribution in [0.15, 0.2) is 36.4 Å². The number of ether oxygens (including phenoxy) is 1. The van der Waals surface area contributed by atoms with E-state index in [1.165, 1.54) is 14.0 Å². The van der Waals surface area contributed by atoms with Crippen LogP contribution in [0.5, 0.6) is 5.75 Å². The second-order valence-electron chi connectivity index (χ2n) is 5.17. The molecular weight excluding hydrogens is 353 g/mol. The van der Waals surface area contributed by atoms with Gasteiger partial charge in [0.1, 0.15) is 28.4 Å². The van der Waals surface area contributed by atoms with Gasteiger partial charge in [-0.3, -0.25) is 5.41 Å². The summed E-state index contributed by atoms with van der Waals surface area (Å²) in [4.78, 5) is 0. The van der Waals surface area contributed by atoms with E-state index in [1.54, 1.807) is 24.3 Å². The van der Waals surface area contributed by atoms with E-state index in [2.05, 4.69) is 0 Å². The lowest BCUT2D eigenvalue weighted by atomic mass is 9.91. The molecule has 25 heavy (non-hydrogen) atoms. The maximum Gasteiger partial charge on any atom is 0.137 e. The predicted octanol–water partition coefficient (Wildman–Crippen LogP) is 5.28. The molecule has 0 aliphatic rings. The van der Waals surface area contributed by atoms with Gasteiger partial charge in [-0.2, -0.15) is 0 Å². The Balaban J connectivity index is 2.89. The SMILES string of the molecule is COc1cccc(/C(C(C)=N)=C(/C(=N)Cl)c2c(F)cc(F)cc2F)c1. The van der Waals surface area contributed by atoms with Gasteiger partial charge in [-0.05, 0) is 24.6 Å². The highest BCUT2D eigenvalue weighted by Crippen LogP contribution is 2.34. The van der Waals surface area contributed by atoms with Gasteiger partial charge in [0.25, 0.3) is 0 Å². The van der Waals surface area contributed by atoms with Crippen molar-refractivity contribution in [3.05, 3.63) is 65.0 Å². The Labute approximate surface area is 147 Å². The minimum absolute atomic E-state index is 0.0447. The average Bonchev–Trinajstić information content (AvgIpc) is 2.52. The predicted molar refractivity (Wildman–Crippen MR) is 93.1 cm³/mol. The lowest BCUT2D eigenvalue weighted by Crippen LogP contribution is -2.08. The molecule has 0 radical (unpaired) electrons. The van der Waals surface area contributed by atoms with E-state index >= 15 is 0 Å². The minimum atomic E-state index is -1.21. The van der Waals surface area contributed by atoms with Crippen molar-refractivity contribution >= 4 is 33.6 Å². The van der Waals surface area contributed by atoms with Gasteiger partial charge in [-0.25, -0.2) is 13.2 Å². The Morgan fingerprint density at radius 3 is 2.08 bits per heavy atom. The summed E-state index contributed by atoms with van der Waals surface area (Å²) in [5, 5.41) is 15.1. The number of hydrogen-bond donors (Lipinski definition) is 2. The monoisotopic (exact) mass is 366 g/mol. The Hall–Kier alpha value is -2.60. The summed E-state index contributed by atoms with van der Waals surface area (Å²) in [6.07, 6.45) is 0. The minimum Gasteiger partial charge on any atom is -0.497 e. The molecule has 0 unspecified atom stereocenters. The molecule has 7 heteroatoms. The van der Waals surface area contributed by atoms with Crippen LogP contribution in [0.25, 0.3) is 11.1 Å². The molecule has 0 saturated heterocycles. The van der Waals surface area contributed by atoms with Crippen molar-refractivity contribution in [1.82, 2.24) is 0 Å². The van der Waals surface area contributed by atoms with Crippen LogP contribution in [0, 0.1) is 28.3 Å². The molecule has 0 atom stereocenters. The Bertz CT molecular complexity index is 871. The van der Waals surface area contributed by atoms with Gasteiger partial charge in [0, 0.05) is 29.0 Å². The van der Waals surface area contributed by atoms with Crippen LogP contribution in [-0.4, -0.2) is 18.0 Å². The summed E-state index contributed by atoms with van der Waals surface area (Å²) < 4.78 is 46.8.